The van der Waals surface area contributed by atoms with E-state index >= 15 is 0 Å². The van der Waals surface area contributed by atoms with Crippen LogP contribution in [0.4, 0.5) is 10.6 Å². The second-order valence-corrected chi connectivity index (χ2v) is 10.2. The molecular formula is C29H30N4O2. The van der Waals surface area contributed by atoms with Crippen LogP contribution in [0.1, 0.15) is 43.4 Å². The van der Waals surface area contributed by atoms with Gasteiger partial charge in [0.1, 0.15) is 5.60 Å². The van der Waals surface area contributed by atoms with E-state index in [1.165, 1.54) is 27.5 Å². The molecule has 2 heterocycles. The second kappa shape index (κ2) is 9.12. The van der Waals surface area contributed by atoms with Crippen LogP contribution >= 0.6 is 0 Å². The van der Waals surface area contributed by atoms with Gasteiger partial charge in [-0.15, -0.1) is 10.2 Å². The Balaban J connectivity index is 1.39. The summed E-state index contributed by atoms with van der Waals surface area (Å²) in [5.74, 6) is 0.672. The van der Waals surface area contributed by atoms with Crippen molar-refractivity contribution in [3.8, 4) is 11.3 Å². The van der Waals surface area contributed by atoms with Crippen molar-refractivity contribution in [1.29, 1.82) is 0 Å². The highest BCUT2D eigenvalue weighted by Gasteiger charge is 2.25. The lowest BCUT2D eigenvalue weighted by atomic mass is 9.83. The first-order chi connectivity index (χ1) is 16.7. The van der Waals surface area contributed by atoms with Gasteiger partial charge >= 0.3 is 6.09 Å². The molecule has 1 aliphatic rings. The van der Waals surface area contributed by atoms with E-state index in [4.69, 9.17) is 4.74 Å². The Morgan fingerprint density at radius 1 is 0.971 bits per heavy atom. The summed E-state index contributed by atoms with van der Waals surface area (Å²) >= 11 is 0. The van der Waals surface area contributed by atoms with Gasteiger partial charge in [-0.1, -0.05) is 54.6 Å². The van der Waals surface area contributed by atoms with E-state index in [0.29, 0.717) is 11.7 Å². The van der Waals surface area contributed by atoms with Crippen LogP contribution < -0.4 is 5.32 Å². The molecule has 0 saturated heterocycles. The molecule has 4 aromatic rings. The average Bonchev–Trinajstić information content (AvgIpc) is 2.82. The second-order valence-electron chi connectivity index (χ2n) is 10.2. The first-order valence-electron chi connectivity index (χ1n) is 11.9. The van der Waals surface area contributed by atoms with Crippen LogP contribution in [0.25, 0.3) is 22.0 Å². The van der Waals surface area contributed by atoms with Crippen molar-refractivity contribution in [2.75, 3.05) is 18.9 Å². The molecular weight excluding hydrogens is 436 g/mol. The van der Waals surface area contributed by atoms with Gasteiger partial charge in [-0.05, 0) is 73.5 Å². The van der Waals surface area contributed by atoms with Crippen molar-refractivity contribution < 1.29 is 9.53 Å². The van der Waals surface area contributed by atoms with Gasteiger partial charge in [0.25, 0.3) is 0 Å². The van der Waals surface area contributed by atoms with Gasteiger partial charge < -0.3 is 9.64 Å². The Hall–Kier alpha value is -3.77. The average molecular weight is 467 g/mol. The van der Waals surface area contributed by atoms with Crippen LogP contribution in [0.3, 0.4) is 0 Å². The molecule has 0 saturated carbocycles. The van der Waals surface area contributed by atoms with E-state index in [-0.39, 0.29) is 0 Å². The number of hydrogen-bond acceptors (Lipinski definition) is 5. The number of carbonyl (C=O) groups is 1. The van der Waals surface area contributed by atoms with Crippen LogP contribution in [0.5, 0.6) is 0 Å². The summed E-state index contributed by atoms with van der Waals surface area (Å²) in [5.41, 5.74) is 5.19. The molecule has 6 nitrogen and oxygen atoms in total. The normalized spacial score (nSPS) is 16.1. The Labute approximate surface area is 205 Å². The summed E-state index contributed by atoms with van der Waals surface area (Å²) in [4.78, 5) is 14.4. The summed E-state index contributed by atoms with van der Waals surface area (Å²) < 4.78 is 5.28. The minimum absolute atomic E-state index is 0.314. The summed E-state index contributed by atoms with van der Waals surface area (Å²) in [6.45, 7) is 7.33. The molecule has 1 unspecified atom stereocenters. The minimum Gasteiger partial charge on any atom is -0.444 e. The van der Waals surface area contributed by atoms with E-state index in [0.717, 1.165) is 24.3 Å². The number of carbonyl (C=O) groups excluding carboxylic acids is 1. The highest BCUT2D eigenvalue weighted by Crippen LogP contribution is 2.36. The van der Waals surface area contributed by atoms with Gasteiger partial charge in [0, 0.05) is 24.6 Å². The fraction of sp³-hybridized carbons (Fsp3) is 0.276. The lowest BCUT2D eigenvalue weighted by molar-refractivity contribution is 0.0635. The highest BCUT2D eigenvalue weighted by molar-refractivity contribution is 5.84. The number of nitrogens with one attached hydrogen (secondary N) is 1. The number of amides is 1. The maximum Gasteiger partial charge on any atom is 0.413 e. The van der Waals surface area contributed by atoms with Crippen molar-refractivity contribution in [1.82, 2.24) is 15.1 Å². The first kappa shape index (κ1) is 23.0. The predicted molar refractivity (Wildman–Crippen MR) is 139 cm³/mol. The van der Waals surface area contributed by atoms with Crippen LogP contribution in [0, 0.1) is 0 Å². The summed E-state index contributed by atoms with van der Waals surface area (Å²) in [7, 11) is 2.17. The monoisotopic (exact) mass is 466 g/mol. The quantitative estimate of drug-likeness (QED) is 0.388. The summed E-state index contributed by atoms with van der Waals surface area (Å²) in [5, 5.41) is 13.7. The molecule has 0 spiro atoms. The number of benzene rings is 3. The number of aromatic nitrogens is 2. The summed E-state index contributed by atoms with van der Waals surface area (Å²) in [6, 6.07) is 25.5. The first-order valence-corrected chi connectivity index (χ1v) is 11.9. The number of anilines is 1. The van der Waals surface area contributed by atoms with E-state index in [1.54, 1.807) is 6.07 Å². The molecule has 0 aliphatic carbocycles. The Bertz CT molecular complexity index is 1380. The minimum atomic E-state index is -0.571. The Morgan fingerprint density at radius 3 is 2.51 bits per heavy atom. The van der Waals surface area contributed by atoms with E-state index < -0.39 is 11.7 Å². The third-order valence-corrected chi connectivity index (χ3v) is 6.22. The molecule has 5 rings (SSSR count). The molecule has 35 heavy (non-hydrogen) atoms. The molecule has 0 bridgehead atoms. The maximum absolute atomic E-state index is 12.0. The van der Waals surface area contributed by atoms with E-state index in [1.807, 2.05) is 26.8 Å². The maximum atomic E-state index is 12.0. The molecule has 1 N–H and O–H groups in total. The van der Waals surface area contributed by atoms with Crippen molar-refractivity contribution in [3.63, 3.8) is 0 Å². The molecule has 1 amide bonds. The number of rotatable bonds is 3. The number of ether oxygens (including phenoxy) is 1. The van der Waals surface area contributed by atoms with E-state index in [9.17, 15) is 4.79 Å². The SMILES string of the molecule is CN1Cc2cc(-c3ccc(NC(=O)OC(C)(C)C)nn3)ccc2C(c2ccc3ccccc3c2)C1. The molecule has 1 atom stereocenters. The lowest BCUT2D eigenvalue weighted by Crippen LogP contribution is -2.31. The topological polar surface area (TPSA) is 67.4 Å². The van der Waals surface area contributed by atoms with Gasteiger partial charge in [0.15, 0.2) is 5.82 Å². The zero-order valence-corrected chi connectivity index (χ0v) is 20.6. The lowest BCUT2D eigenvalue weighted by Gasteiger charge is -2.33. The van der Waals surface area contributed by atoms with Crippen molar-refractivity contribution in [2.24, 2.45) is 0 Å². The number of hydrogen-bond donors (Lipinski definition) is 1. The fourth-order valence-corrected chi connectivity index (χ4v) is 4.68. The zero-order valence-electron chi connectivity index (χ0n) is 20.6. The van der Waals surface area contributed by atoms with Gasteiger partial charge in [0.2, 0.25) is 0 Å². The smallest absolute Gasteiger partial charge is 0.413 e. The van der Waals surface area contributed by atoms with Crippen molar-refractivity contribution in [2.45, 2.75) is 38.8 Å². The third-order valence-electron chi connectivity index (χ3n) is 6.22. The molecule has 1 aromatic heterocycles. The zero-order chi connectivity index (χ0) is 24.6. The van der Waals surface area contributed by atoms with Crippen molar-refractivity contribution in [3.05, 3.63) is 89.5 Å². The molecule has 1 aliphatic heterocycles. The largest absolute Gasteiger partial charge is 0.444 e. The van der Waals surface area contributed by atoms with E-state index in [2.05, 4.69) is 88.1 Å². The number of nitrogens with zero attached hydrogens (tertiary/aromatic N) is 3. The molecule has 0 fully saturated rings. The van der Waals surface area contributed by atoms with Crippen molar-refractivity contribution >= 4 is 22.7 Å². The Kier molecular flexibility index (Phi) is 5.99. The molecule has 6 heteroatoms. The molecule has 178 valence electrons. The van der Waals surface area contributed by atoms with Crippen LogP contribution in [0.15, 0.2) is 72.8 Å². The predicted octanol–water partition coefficient (Wildman–Crippen LogP) is 6.22. The Morgan fingerprint density at radius 2 is 1.77 bits per heavy atom. The highest BCUT2D eigenvalue weighted by atomic mass is 16.6. The molecule has 0 radical (unpaired) electrons. The van der Waals surface area contributed by atoms with Gasteiger partial charge in [-0.3, -0.25) is 5.32 Å². The third kappa shape index (κ3) is 5.17. The van der Waals surface area contributed by atoms with Crippen LogP contribution in [-0.2, 0) is 11.3 Å². The number of likely N-dealkylation sites (N-methyl/N-ethyl adjacent to an activating group) is 1. The van der Waals surface area contributed by atoms with Gasteiger partial charge in [0.05, 0.1) is 5.69 Å². The van der Waals surface area contributed by atoms with Gasteiger partial charge in [-0.2, -0.15) is 0 Å². The number of fused-ring (bicyclic) bond motifs is 2. The van der Waals surface area contributed by atoms with Crippen LogP contribution in [0.2, 0.25) is 0 Å². The van der Waals surface area contributed by atoms with Gasteiger partial charge in [-0.25, -0.2) is 4.79 Å². The standard InChI is InChI=1S/C29H30N4O2/c1-29(2,3)35-28(34)30-27-14-13-26(31-32-27)22-11-12-24-23(16-22)17-33(4)18-25(24)21-10-9-19-7-5-6-8-20(19)15-21/h5-16,25H,17-18H2,1-4H3,(H,30,32,34). The fourth-order valence-electron chi connectivity index (χ4n) is 4.68. The summed E-state index contributed by atoms with van der Waals surface area (Å²) in [6.07, 6.45) is -0.545. The van der Waals surface area contributed by atoms with Crippen LogP contribution in [-0.4, -0.2) is 40.4 Å². The molecule has 3 aromatic carbocycles.